The molecule has 1 aromatic heterocycles. The number of carbonyl (C=O) groups is 1. The molecule has 1 rings (SSSR count). The predicted molar refractivity (Wildman–Crippen MR) is 42.6 cm³/mol. The highest BCUT2D eigenvalue weighted by atomic mass is 32.2. The van der Waals surface area contributed by atoms with E-state index in [0.717, 1.165) is 12.3 Å². The smallest absolute Gasteiger partial charge is 0.338 e. The van der Waals surface area contributed by atoms with E-state index >= 15 is 0 Å². The molecule has 0 aliphatic rings. The van der Waals surface area contributed by atoms with Crippen molar-refractivity contribution in [3.63, 3.8) is 0 Å². The van der Waals surface area contributed by atoms with Gasteiger partial charge in [-0.2, -0.15) is 0 Å². The summed E-state index contributed by atoms with van der Waals surface area (Å²) in [5.41, 5.74) is -0.426. The number of hydrogen-bond donors (Lipinski definition) is 2. The first-order chi connectivity index (χ1) is 5.93. The number of sulfonamides is 1. The number of carboxylic acid groups (broad SMARTS) is 1. The zero-order chi connectivity index (χ0) is 10.1. The van der Waals surface area contributed by atoms with Crippen LogP contribution in [0, 0.1) is 0 Å². The molecule has 3 N–H and O–H groups in total. The van der Waals surface area contributed by atoms with Crippen molar-refractivity contribution < 1.29 is 18.3 Å². The Hall–Kier alpha value is -1.47. The van der Waals surface area contributed by atoms with Gasteiger partial charge in [0.1, 0.15) is 0 Å². The maximum Gasteiger partial charge on any atom is 0.338 e. The third-order valence-electron chi connectivity index (χ3n) is 1.27. The Morgan fingerprint density at radius 1 is 1.54 bits per heavy atom. The summed E-state index contributed by atoms with van der Waals surface area (Å²) in [5.74, 6) is -1.38. The van der Waals surface area contributed by atoms with Crippen molar-refractivity contribution in [2.75, 3.05) is 0 Å². The van der Waals surface area contributed by atoms with E-state index in [1.165, 1.54) is 6.07 Å². The van der Waals surface area contributed by atoms with Gasteiger partial charge in [0.2, 0.25) is 0 Å². The zero-order valence-electron chi connectivity index (χ0n) is 6.34. The molecule has 0 fully saturated rings. The summed E-state index contributed by atoms with van der Waals surface area (Å²) in [7, 11) is -4.07. The molecule has 0 amide bonds. The van der Waals surface area contributed by atoms with Crippen LogP contribution in [0.2, 0.25) is 0 Å². The molecular weight excluding hydrogens is 196 g/mol. The monoisotopic (exact) mass is 202 g/mol. The first-order valence-electron chi connectivity index (χ1n) is 3.14. The van der Waals surface area contributed by atoms with Gasteiger partial charge in [-0.05, 0) is 12.1 Å². The van der Waals surface area contributed by atoms with Crippen molar-refractivity contribution in [2.24, 2.45) is 5.14 Å². The lowest BCUT2D eigenvalue weighted by Crippen LogP contribution is -2.18. The number of aromatic carboxylic acids is 1. The van der Waals surface area contributed by atoms with Gasteiger partial charge >= 0.3 is 5.97 Å². The van der Waals surface area contributed by atoms with E-state index in [0.29, 0.717) is 0 Å². The third kappa shape index (κ3) is 2.01. The molecule has 0 spiro atoms. The van der Waals surface area contributed by atoms with Crippen LogP contribution in [0.5, 0.6) is 0 Å². The van der Waals surface area contributed by atoms with E-state index in [1.807, 2.05) is 0 Å². The molecule has 0 bridgehead atoms. The van der Waals surface area contributed by atoms with E-state index in [-0.39, 0.29) is 0 Å². The van der Waals surface area contributed by atoms with Gasteiger partial charge in [-0.1, -0.05) is 0 Å². The summed E-state index contributed by atoms with van der Waals surface area (Å²) in [5, 5.41) is 12.7. The fourth-order valence-electron chi connectivity index (χ4n) is 0.780. The van der Waals surface area contributed by atoms with Crippen molar-refractivity contribution >= 4 is 16.0 Å². The lowest BCUT2D eigenvalue weighted by Gasteiger charge is -2.00. The fraction of sp³-hybridized carbons (Fsp3) is 0. The van der Waals surface area contributed by atoms with Crippen molar-refractivity contribution in [3.8, 4) is 0 Å². The largest absolute Gasteiger partial charge is 0.478 e. The van der Waals surface area contributed by atoms with Crippen LogP contribution in [0.1, 0.15) is 10.4 Å². The highest BCUT2D eigenvalue weighted by Gasteiger charge is 2.19. The zero-order valence-corrected chi connectivity index (χ0v) is 7.15. The highest BCUT2D eigenvalue weighted by molar-refractivity contribution is 7.89. The van der Waals surface area contributed by atoms with Gasteiger partial charge in [-0.15, -0.1) is 0 Å². The van der Waals surface area contributed by atoms with Crippen molar-refractivity contribution in [1.82, 2.24) is 4.98 Å². The summed E-state index contributed by atoms with van der Waals surface area (Å²) in [6.45, 7) is 0. The van der Waals surface area contributed by atoms with Crippen molar-refractivity contribution in [2.45, 2.75) is 5.03 Å². The SMILES string of the molecule is NS(=O)(=O)c1ncccc1C(=O)O. The number of nitrogens with two attached hydrogens (primary N) is 1. The van der Waals surface area contributed by atoms with E-state index in [9.17, 15) is 13.2 Å². The molecule has 13 heavy (non-hydrogen) atoms. The predicted octanol–water partition coefficient (Wildman–Crippen LogP) is -0.573. The molecule has 7 heteroatoms. The van der Waals surface area contributed by atoms with Crippen LogP contribution in [-0.2, 0) is 10.0 Å². The van der Waals surface area contributed by atoms with Crippen LogP contribution in [0.4, 0.5) is 0 Å². The van der Waals surface area contributed by atoms with Crippen LogP contribution in [-0.4, -0.2) is 24.5 Å². The lowest BCUT2D eigenvalue weighted by atomic mass is 10.3. The van der Waals surface area contributed by atoms with Gasteiger partial charge in [0.25, 0.3) is 10.0 Å². The van der Waals surface area contributed by atoms with Crippen LogP contribution in [0.15, 0.2) is 23.4 Å². The molecule has 0 saturated heterocycles. The minimum absolute atomic E-state index is 0.426. The van der Waals surface area contributed by atoms with Gasteiger partial charge in [-0.3, -0.25) is 0 Å². The van der Waals surface area contributed by atoms with Crippen molar-refractivity contribution in [3.05, 3.63) is 23.9 Å². The Morgan fingerprint density at radius 2 is 2.15 bits per heavy atom. The third-order valence-corrected chi connectivity index (χ3v) is 2.14. The Balaban J connectivity index is 3.46. The van der Waals surface area contributed by atoms with Gasteiger partial charge < -0.3 is 5.11 Å². The number of rotatable bonds is 2. The Bertz CT molecular complexity index is 440. The maximum absolute atomic E-state index is 10.8. The first kappa shape index (κ1) is 9.62. The van der Waals surface area contributed by atoms with E-state index in [2.05, 4.69) is 4.98 Å². The van der Waals surface area contributed by atoms with Crippen LogP contribution >= 0.6 is 0 Å². The average molecular weight is 202 g/mol. The topological polar surface area (TPSA) is 110 Å². The Kier molecular flexibility index (Phi) is 2.30. The van der Waals surface area contributed by atoms with Crippen LogP contribution < -0.4 is 5.14 Å². The number of pyridine rings is 1. The number of nitrogens with zero attached hydrogens (tertiary/aromatic N) is 1. The van der Waals surface area contributed by atoms with Crippen LogP contribution in [0.3, 0.4) is 0 Å². The molecule has 0 radical (unpaired) electrons. The second-order valence-corrected chi connectivity index (χ2v) is 3.68. The van der Waals surface area contributed by atoms with Gasteiger partial charge in [0.15, 0.2) is 5.03 Å². The highest BCUT2D eigenvalue weighted by Crippen LogP contribution is 2.09. The molecule has 0 aliphatic carbocycles. The molecule has 0 aromatic carbocycles. The lowest BCUT2D eigenvalue weighted by molar-refractivity contribution is 0.0691. The number of hydrogen-bond acceptors (Lipinski definition) is 4. The molecule has 6 nitrogen and oxygen atoms in total. The Morgan fingerprint density at radius 3 is 2.54 bits per heavy atom. The molecule has 0 unspecified atom stereocenters. The molecule has 70 valence electrons. The number of aromatic nitrogens is 1. The summed E-state index contributed by atoms with van der Waals surface area (Å²) in [6, 6.07) is 2.44. The van der Waals surface area contributed by atoms with Crippen molar-refractivity contribution in [1.29, 1.82) is 0 Å². The van der Waals surface area contributed by atoms with E-state index in [4.69, 9.17) is 10.2 Å². The molecule has 0 saturated carbocycles. The minimum Gasteiger partial charge on any atom is -0.478 e. The van der Waals surface area contributed by atoms with Gasteiger partial charge in [0, 0.05) is 6.20 Å². The van der Waals surface area contributed by atoms with Crippen LogP contribution in [0.25, 0.3) is 0 Å². The second kappa shape index (κ2) is 3.11. The maximum atomic E-state index is 10.8. The number of carboxylic acids is 1. The van der Waals surface area contributed by atoms with E-state index in [1.54, 1.807) is 0 Å². The second-order valence-electron chi connectivity index (χ2n) is 2.21. The van der Waals surface area contributed by atoms with Gasteiger partial charge in [-0.25, -0.2) is 23.3 Å². The fourth-order valence-corrected chi connectivity index (χ4v) is 1.45. The summed E-state index contributed by atoms with van der Waals surface area (Å²) >= 11 is 0. The normalized spacial score (nSPS) is 11.2. The van der Waals surface area contributed by atoms with E-state index < -0.39 is 26.6 Å². The average Bonchev–Trinajstić information content (AvgIpc) is 2.03. The standard InChI is InChI=1S/C6H6N2O4S/c7-13(11,12)5-4(6(9)10)2-1-3-8-5/h1-3H,(H,9,10)(H2,7,11,12). The summed E-state index contributed by atoms with van der Waals surface area (Å²) < 4.78 is 21.6. The molecule has 0 aliphatic heterocycles. The molecular formula is C6H6N2O4S. The summed E-state index contributed by atoms with van der Waals surface area (Å²) in [4.78, 5) is 13.9. The first-order valence-corrected chi connectivity index (χ1v) is 4.68. The number of primary sulfonamides is 1. The quantitative estimate of drug-likeness (QED) is 0.667. The molecule has 1 heterocycles. The Labute approximate surface area is 74.1 Å². The summed E-state index contributed by atoms with van der Waals surface area (Å²) in [6.07, 6.45) is 1.16. The molecule has 1 aromatic rings. The van der Waals surface area contributed by atoms with Gasteiger partial charge in [0.05, 0.1) is 5.56 Å². The molecule has 0 atom stereocenters. The minimum atomic E-state index is -4.07.